The summed E-state index contributed by atoms with van der Waals surface area (Å²) < 4.78 is 12.2. The van der Waals surface area contributed by atoms with Crippen LogP contribution in [0.2, 0.25) is 0 Å². The molecule has 4 saturated carbocycles. The number of ether oxygens (including phenoxy) is 2. The first-order valence-corrected chi connectivity index (χ1v) is 13.9. The fraction of sp³-hybridized carbons (Fsp3) is 0.533. The molecule has 2 aromatic carbocycles. The summed E-state index contributed by atoms with van der Waals surface area (Å²) in [5.74, 6) is 5.46. The number of rotatable bonds is 4. The molecule has 0 amide bonds. The molecule has 0 aromatic heterocycles. The molecule has 34 heavy (non-hydrogen) atoms. The van der Waals surface area contributed by atoms with Gasteiger partial charge in [0.05, 0.1) is 24.7 Å². The molecule has 3 atom stereocenters. The molecule has 178 valence electrons. The Balaban J connectivity index is 1.26. The number of methoxy groups -OCH3 is 2. The van der Waals surface area contributed by atoms with Crippen molar-refractivity contribution in [3.63, 3.8) is 0 Å². The van der Waals surface area contributed by atoms with E-state index in [1.807, 2.05) is 0 Å². The fourth-order valence-electron chi connectivity index (χ4n) is 8.84. The third-order valence-electron chi connectivity index (χ3n) is 9.83. The minimum absolute atomic E-state index is 0.244. The van der Waals surface area contributed by atoms with Crippen LogP contribution in [0.4, 0.5) is 5.69 Å². The molecule has 1 N–H and O–H groups in total. The van der Waals surface area contributed by atoms with Crippen LogP contribution in [0.1, 0.15) is 73.6 Å². The van der Waals surface area contributed by atoms with Crippen LogP contribution in [0, 0.1) is 23.7 Å². The third-order valence-corrected chi connectivity index (χ3v) is 10.4. The molecular weight excluding hydrogens is 486 g/mol. The van der Waals surface area contributed by atoms with Gasteiger partial charge in [-0.15, -0.1) is 0 Å². The Labute approximate surface area is 211 Å². The Bertz CT molecular complexity index is 1140. The highest BCUT2D eigenvalue weighted by molar-refractivity contribution is 9.10. The van der Waals surface area contributed by atoms with E-state index in [0.717, 1.165) is 40.1 Å². The van der Waals surface area contributed by atoms with Crippen LogP contribution in [0.3, 0.4) is 0 Å². The molecule has 2 aromatic rings. The zero-order chi connectivity index (χ0) is 23.0. The highest BCUT2D eigenvalue weighted by atomic mass is 79.9. The van der Waals surface area contributed by atoms with E-state index in [1.54, 1.807) is 19.8 Å². The second kappa shape index (κ2) is 7.78. The lowest BCUT2D eigenvalue weighted by molar-refractivity contribution is -0.00523. The van der Waals surface area contributed by atoms with Gasteiger partial charge in [0, 0.05) is 11.6 Å². The molecule has 4 fully saturated rings. The van der Waals surface area contributed by atoms with E-state index in [2.05, 4.69) is 63.7 Å². The molecule has 4 heteroatoms. The topological polar surface area (TPSA) is 30.5 Å². The van der Waals surface area contributed by atoms with Gasteiger partial charge in [-0.25, -0.2) is 0 Å². The van der Waals surface area contributed by atoms with Gasteiger partial charge < -0.3 is 14.8 Å². The Kier molecular flexibility index (Phi) is 4.89. The van der Waals surface area contributed by atoms with Crippen molar-refractivity contribution in [2.24, 2.45) is 23.7 Å². The maximum atomic E-state index is 5.66. The van der Waals surface area contributed by atoms with Crippen molar-refractivity contribution in [1.29, 1.82) is 0 Å². The highest BCUT2D eigenvalue weighted by Crippen LogP contribution is 2.61. The highest BCUT2D eigenvalue weighted by Gasteiger charge is 2.52. The summed E-state index contributed by atoms with van der Waals surface area (Å²) in [5, 5.41) is 3.94. The molecule has 3 nitrogen and oxygen atoms in total. The van der Waals surface area contributed by atoms with E-state index in [4.69, 9.17) is 9.47 Å². The standard InChI is InChI=1S/C30H34BrNO2/c1-33-27-12-20(11-25(31)29(27)34-2)28-23-5-3-4-22(23)24-13-21(6-7-26(24)32-28)30-14-17-8-18(15-30)10-19(9-17)16-30/h3-4,6-7,11-13,17-19,22-23,28,32H,5,8-10,14-16H2,1-2H3/t17?,18?,19?,22-,23+,28+,30?/m1/s1. The second-order valence-corrected chi connectivity index (χ2v) is 12.6. The Morgan fingerprint density at radius 2 is 1.68 bits per heavy atom. The molecule has 0 unspecified atom stereocenters. The molecule has 0 radical (unpaired) electrons. The number of benzene rings is 2. The summed E-state index contributed by atoms with van der Waals surface area (Å²) in [4.78, 5) is 0. The largest absolute Gasteiger partial charge is 0.493 e. The van der Waals surface area contributed by atoms with Crippen molar-refractivity contribution in [2.45, 2.75) is 62.3 Å². The van der Waals surface area contributed by atoms with Gasteiger partial charge in [0.2, 0.25) is 0 Å². The quantitative estimate of drug-likeness (QED) is 0.418. The lowest BCUT2D eigenvalue weighted by atomic mass is 9.48. The summed E-state index contributed by atoms with van der Waals surface area (Å²) in [6.45, 7) is 0. The number of allylic oxidation sites excluding steroid dienone is 2. The summed E-state index contributed by atoms with van der Waals surface area (Å²) in [6, 6.07) is 12.1. The Morgan fingerprint density at radius 3 is 2.35 bits per heavy atom. The van der Waals surface area contributed by atoms with Crippen LogP contribution in [-0.4, -0.2) is 14.2 Å². The lowest BCUT2D eigenvalue weighted by Crippen LogP contribution is -2.48. The van der Waals surface area contributed by atoms with Gasteiger partial charge in [0.15, 0.2) is 11.5 Å². The van der Waals surface area contributed by atoms with Gasteiger partial charge in [-0.05, 0) is 125 Å². The molecule has 1 heterocycles. The molecule has 1 aliphatic heterocycles. The summed E-state index contributed by atoms with van der Waals surface area (Å²) in [7, 11) is 3.40. The van der Waals surface area contributed by atoms with E-state index >= 15 is 0 Å². The smallest absolute Gasteiger partial charge is 0.174 e. The van der Waals surface area contributed by atoms with Crippen molar-refractivity contribution in [2.75, 3.05) is 19.5 Å². The fourth-order valence-corrected chi connectivity index (χ4v) is 9.46. The summed E-state index contributed by atoms with van der Waals surface area (Å²) in [5.41, 5.74) is 6.16. The maximum absolute atomic E-state index is 5.66. The zero-order valence-corrected chi connectivity index (χ0v) is 21.7. The summed E-state index contributed by atoms with van der Waals surface area (Å²) >= 11 is 3.71. The first-order chi connectivity index (χ1) is 16.6. The monoisotopic (exact) mass is 519 g/mol. The molecular formula is C30H34BrNO2. The van der Waals surface area contributed by atoms with Gasteiger partial charge in [-0.2, -0.15) is 0 Å². The van der Waals surface area contributed by atoms with Crippen LogP contribution < -0.4 is 14.8 Å². The molecule has 8 rings (SSSR count). The number of nitrogens with one attached hydrogen (secondary N) is 1. The molecule has 6 aliphatic rings. The molecule has 0 spiro atoms. The van der Waals surface area contributed by atoms with Crippen molar-refractivity contribution >= 4 is 21.6 Å². The second-order valence-electron chi connectivity index (χ2n) is 11.7. The van der Waals surface area contributed by atoms with E-state index in [-0.39, 0.29) is 6.04 Å². The van der Waals surface area contributed by atoms with E-state index in [9.17, 15) is 0 Å². The van der Waals surface area contributed by atoms with Crippen molar-refractivity contribution in [1.82, 2.24) is 0 Å². The van der Waals surface area contributed by atoms with Gasteiger partial charge in [-0.1, -0.05) is 24.3 Å². The van der Waals surface area contributed by atoms with E-state index < -0.39 is 0 Å². The van der Waals surface area contributed by atoms with Crippen LogP contribution in [0.5, 0.6) is 11.5 Å². The minimum atomic E-state index is 0.244. The van der Waals surface area contributed by atoms with Crippen LogP contribution in [0.15, 0.2) is 47.0 Å². The van der Waals surface area contributed by atoms with Gasteiger partial charge in [-0.3, -0.25) is 0 Å². The zero-order valence-electron chi connectivity index (χ0n) is 20.1. The van der Waals surface area contributed by atoms with Gasteiger partial charge >= 0.3 is 0 Å². The Morgan fingerprint density at radius 1 is 0.941 bits per heavy atom. The SMILES string of the molecule is COc1cc([C@@H]2Nc3ccc(C45CC6CC(CC(C6)C4)C5)cc3[C@@H]3C=CC[C@@H]32)cc(Br)c1OC. The van der Waals surface area contributed by atoms with E-state index in [0.29, 0.717) is 17.3 Å². The molecule has 4 bridgehead atoms. The average molecular weight is 521 g/mol. The van der Waals surface area contributed by atoms with Gasteiger partial charge in [0.1, 0.15) is 0 Å². The van der Waals surface area contributed by atoms with Crippen LogP contribution >= 0.6 is 15.9 Å². The minimum Gasteiger partial charge on any atom is -0.493 e. The number of hydrogen-bond donors (Lipinski definition) is 1. The molecule has 5 aliphatic carbocycles. The first kappa shape index (κ1) is 21.4. The van der Waals surface area contributed by atoms with Crippen molar-refractivity contribution in [3.05, 3.63) is 63.6 Å². The lowest BCUT2D eigenvalue weighted by Gasteiger charge is -2.57. The number of hydrogen-bond acceptors (Lipinski definition) is 3. The molecule has 0 saturated heterocycles. The number of fused-ring (bicyclic) bond motifs is 3. The summed E-state index contributed by atoms with van der Waals surface area (Å²) in [6.07, 6.45) is 14.8. The van der Waals surface area contributed by atoms with Crippen LogP contribution in [-0.2, 0) is 5.41 Å². The number of anilines is 1. The first-order valence-electron chi connectivity index (χ1n) is 13.1. The predicted molar refractivity (Wildman–Crippen MR) is 140 cm³/mol. The predicted octanol–water partition coefficient (Wildman–Crippen LogP) is 7.76. The number of halogens is 1. The van der Waals surface area contributed by atoms with Crippen molar-refractivity contribution in [3.8, 4) is 11.5 Å². The third kappa shape index (κ3) is 3.13. The van der Waals surface area contributed by atoms with Gasteiger partial charge in [0.25, 0.3) is 0 Å². The normalized spacial score (nSPS) is 36.7. The van der Waals surface area contributed by atoms with Crippen molar-refractivity contribution < 1.29 is 9.47 Å². The van der Waals surface area contributed by atoms with Crippen LogP contribution in [0.25, 0.3) is 0 Å². The Hall–Kier alpha value is -1.94. The average Bonchev–Trinajstić information content (AvgIpc) is 3.32. The maximum Gasteiger partial charge on any atom is 0.174 e. The van der Waals surface area contributed by atoms with E-state index in [1.165, 1.54) is 55.3 Å².